The molecule has 51 heteroatoms. The van der Waals surface area contributed by atoms with Gasteiger partial charge in [-0.15, -0.1) is 84.4 Å². The first-order chi connectivity index (χ1) is 66.1. The monoisotopic (exact) mass is 2130 g/mol. The number of amides is 4. The fraction of sp³-hybridized carbons (Fsp3) is 0.500. The Bertz CT molecular complexity index is 6290. The minimum absolute atomic E-state index is 0.00267. The molecule has 0 radical (unpaired) electrons. The molecule has 3 saturated heterocycles. The third-order valence-electron chi connectivity index (χ3n) is 20.3. The summed E-state index contributed by atoms with van der Waals surface area (Å²) in [4.78, 5) is 169. The lowest BCUT2D eigenvalue weighted by molar-refractivity contribution is -0.181. The van der Waals surface area contributed by atoms with Crippen LogP contribution in [0.2, 0.25) is 15.9 Å². The number of halogens is 4. The van der Waals surface area contributed by atoms with Gasteiger partial charge in [-0.25, -0.2) is 63.5 Å². The number of nitrogens with two attached hydrogens (primary N) is 1. The van der Waals surface area contributed by atoms with Crippen LogP contribution >= 0.6 is 84.7 Å². The van der Waals surface area contributed by atoms with E-state index >= 15 is 0 Å². The second-order valence-corrected chi connectivity index (χ2v) is 38.7. The summed E-state index contributed by atoms with van der Waals surface area (Å²) in [5, 5.41) is 36.3. The number of aliphatic hydroxyl groups is 2. The van der Waals surface area contributed by atoms with Crippen LogP contribution in [-0.2, 0) is 101 Å². The highest BCUT2D eigenvalue weighted by Crippen LogP contribution is 2.51. The molecule has 0 saturated carbocycles. The number of rotatable bonds is 26. The Morgan fingerprint density at radius 1 is 0.532 bits per heavy atom. The summed E-state index contributed by atoms with van der Waals surface area (Å²) in [5.74, 6) is 9.68. The summed E-state index contributed by atoms with van der Waals surface area (Å²) in [6.45, 7) is 27.4. The zero-order valence-corrected chi connectivity index (χ0v) is 85.5. The number of aliphatic carboxylic acids is 1. The number of nitrogen functional groups attached to an aromatic ring is 1. The number of aliphatic hydroxyl groups excluding tert-OH is 1. The van der Waals surface area contributed by atoms with Crippen LogP contribution in [-0.4, -0.2) is 246 Å². The van der Waals surface area contributed by atoms with Crippen LogP contribution in [0.1, 0.15) is 179 Å². The normalized spacial score (nSPS) is 21.9. The number of carbonyl (C=O) groups is 9. The number of esters is 4. The van der Waals surface area contributed by atoms with Gasteiger partial charge in [0.25, 0.3) is 0 Å². The number of hydrogen-bond acceptors (Lipinski definition) is 41. The van der Waals surface area contributed by atoms with Crippen molar-refractivity contribution in [2.45, 2.75) is 238 Å². The number of carboxylic acid groups (broad SMARTS) is 1. The summed E-state index contributed by atoms with van der Waals surface area (Å²) >= 11 is 25.3. The number of fused-ring (bicyclic) bond motifs is 3. The molecule has 12 heterocycles. The fourth-order valence-electron chi connectivity index (χ4n) is 13.9. The quantitative estimate of drug-likeness (QED) is 0.0129. The minimum Gasteiger partial charge on any atom is -0.479 e. The average Bonchev–Trinajstić information content (AvgIpc) is 1.59. The van der Waals surface area contributed by atoms with E-state index in [1.165, 1.54) is 85.6 Å². The predicted molar refractivity (Wildman–Crippen MR) is 513 cm³/mol. The van der Waals surface area contributed by atoms with E-state index in [4.69, 9.17) is 145 Å². The van der Waals surface area contributed by atoms with Crippen LogP contribution in [0, 0.1) is 84.9 Å². The highest BCUT2D eigenvalue weighted by molar-refractivity contribution is 9.09. The second kappa shape index (κ2) is 46.1. The van der Waals surface area contributed by atoms with Gasteiger partial charge in [-0.2, -0.15) is 39.7 Å². The third-order valence-corrected chi connectivity index (χ3v) is 23.0. The molecule has 4 amide bonds. The predicted octanol–water partition coefficient (Wildman–Crippen LogP) is 12.2. The van der Waals surface area contributed by atoms with Gasteiger partial charge in [-0.1, -0.05) is 39.6 Å². The summed E-state index contributed by atoms with van der Waals surface area (Å²) in [6, 6.07) is 0. The molecule has 9 aromatic rings. The van der Waals surface area contributed by atoms with Gasteiger partial charge in [0.05, 0.1) is 115 Å². The van der Waals surface area contributed by atoms with Gasteiger partial charge >= 0.3 is 54.2 Å². The van der Waals surface area contributed by atoms with Gasteiger partial charge in [-0.05, 0) is 146 Å². The van der Waals surface area contributed by atoms with Crippen LogP contribution in [0.25, 0.3) is 33.5 Å². The van der Waals surface area contributed by atoms with Gasteiger partial charge in [0.15, 0.2) is 88.0 Å². The molecule has 0 bridgehead atoms. The lowest BCUT2D eigenvalue weighted by atomic mass is 9.81. The minimum atomic E-state index is -2.27. The van der Waals surface area contributed by atoms with E-state index in [-0.39, 0.29) is 112 Å². The molecule has 141 heavy (non-hydrogen) atoms. The first-order valence-electron chi connectivity index (χ1n) is 42.2. The van der Waals surface area contributed by atoms with Crippen LogP contribution in [0.5, 0.6) is 0 Å². The van der Waals surface area contributed by atoms with Gasteiger partial charge in [-0.3, -0.25) is 23.3 Å². The molecule has 5 N–H and O–H groups in total. The summed E-state index contributed by atoms with van der Waals surface area (Å²) in [5.41, 5.74) is -1.92. The van der Waals surface area contributed by atoms with Crippen molar-refractivity contribution in [3.63, 3.8) is 0 Å². The number of nitrogens with zero attached hydrogens (tertiary/aromatic N) is 17. The number of ether oxygens (including phenoxy) is 14. The molecule has 0 spiro atoms. The SMILES string of the molecule is C#CCBr.C#CCC(OC[C@H]1O[C@@H](n2cnc3c(N(C(=O)OC(C)(C)C)C(=O)OC(C)(C)C)nc(Cl)nc32)[C@H](OC(C)=O)[C@@]1(C)C#C)(C(=O)OCC)c1cscn1.C#CCC(OC[C@H]1O[C@@H](n2cnc3c(N)nc(Cl)nc32)[C@H](O)[C@@]1(O)C#C)(C(=O)O)c1cscn1.C#C[C@@]1(C)[C@@H](COC(C(=O)OCC)c2cscn2)O[C@@H](n2cnc3c(N(C(=O)OC(C)(C)C)C(=O)OC(C)(C)C)nc(Cl)nc32)[C@@H]1OC(C)=O. The third kappa shape index (κ3) is 25.5. The van der Waals surface area contributed by atoms with Crippen molar-refractivity contribution < 1.29 is 125 Å². The van der Waals surface area contributed by atoms with E-state index in [9.17, 15) is 58.5 Å². The molecule has 9 aromatic heterocycles. The van der Waals surface area contributed by atoms with Crippen LogP contribution in [0.4, 0.5) is 36.6 Å². The Morgan fingerprint density at radius 3 is 1.28 bits per heavy atom. The Kier molecular flexibility index (Phi) is 36.7. The Hall–Kier alpha value is -12.4. The molecular formula is C90H100BrCl3N18O26S3. The van der Waals surface area contributed by atoms with Gasteiger partial charge < -0.3 is 87.4 Å². The molecular weight excluding hydrogens is 2030 g/mol. The lowest BCUT2D eigenvalue weighted by Crippen LogP contribution is -2.50. The molecule has 3 fully saturated rings. The number of thiazole rings is 3. The standard InChI is InChI=1S/C35H41ClN6O10S.C32H39ClN6O10S.C20H17ClN6O6S.C3H3Br/c1-12-15-35(28(44)47-14-3,21-17-53-19-38-21)48-16-22-34(11,13-2)24(49-20(4)43)27(50-22)41-18-37-23-25(41)39-29(36)40-26(23)42(30(45)51-32(5,6)7)31(46)52-33(8,9)10;1-11-32(10)19(13-45-21(26(41)44-12-2)18-14-50-16-35-18)47-25(22(32)46-17(3)40)38-15-34-20-23(38)36-27(33)37-24(20)39(28(42)48-30(4,5)6)29(43)49-31(7,8)9;1-3-5-20(17(29)30,10-7-34-9-24-10)32-6-11-19(31,4-2)13(28)16(33-11)27-8-23-12-14(22)25-18(21)26-15(12)27;1-2-3-4/h1-2,17-19,22,24,27H,14-16H2,3-11H3;1,14-16,19,21-22,25H,12-13H2,2-10H3;1-2,7-9,11,13,16,28,31H,5-6H2,(H,29,30)(H2,22,25,26);1H,3H2/t22-,24+,27-,34+,35?;19-,21?,22+,25-,32+;11-,13+,16-,19-,20?;/m111./s1. The van der Waals surface area contributed by atoms with E-state index < -0.39 is 178 Å². The largest absolute Gasteiger partial charge is 0.479 e. The number of terminal acetylenes is 6. The average molecular weight is 2130 g/mol. The zero-order valence-electron chi connectivity index (χ0n) is 79.2. The zero-order chi connectivity index (χ0) is 105. The van der Waals surface area contributed by atoms with Crippen molar-refractivity contribution >= 4 is 190 Å². The smallest absolute Gasteiger partial charge is 0.425 e. The number of imide groups is 2. The van der Waals surface area contributed by atoms with E-state index in [2.05, 4.69) is 111 Å². The molecule has 3 aliphatic heterocycles. The van der Waals surface area contributed by atoms with Gasteiger partial charge in [0, 0.05) is 30.0 Å². The Labute approximate surface area is 844 Å². The highest BCUT2D eigenvalue weighted by atomic mass is 79.9. The number of carboxylic acids is 1. The summed E-state index contributed by atoms with van der Waals surface area (Å²) in [7, 11) is 0. The number of imidazole rings is 3. The van der Waals surface area contributed by atoms with Gasteiger partial charge in [0.1, 0.15) is 52.3 Å². The van der Waals surface area contributed by atoms with E-state index in [1.807, 2.05) is 0 Å². The lowest BCUT2D eigenvalue weighted by Gasteiger charge is -2.33. The fourth-order valence-corrected chi connectivity index (χ4v) is 16.2. The van der Waals surface area contributed by atoms with Crippen LogP contribution in [0.3, 0.4) is 0 Å². The number of carbonyl (C=O) groups excluding carboxylic acids is 8. The Balaban J connectivity index is 0.000000236. The number of alkyl halides is 1. The van der Waals surface area contributed by atoms with E-state index in [0.717, 1.165) is 11.3 Å². The van der Waals surface area contributed by atoms with Crippen LogP contribution in [0.15, 0.2) is 51.7 Å². The van der Waals surface area contributed by atoms with Crippen molar-refractivity contribution in [1.82, 2.24) is 73.5 Å². The summed E-state index contributed by atoms with van der Waals surface area (Å²) < 4.78 is 84.9. The van der Waals surface area contributed by atoms with Crippen LogP contribution < -0.4 is 15.5 Å². The van der Waals surface area contributed by atoms with E-state index in [0.29, 0.717) is 20.8 Å². The number of hydrogen-bond donors (Lipinski definition) is 4. The maximum atomic E-state index is 13.5. The topological polar surface area (TPSA) is 546 Å². The molecule has 752 valence electrons. The van der Waals surface area contributed by atoms with Gasteiger partial charge in [0.2, 0.25) is 27.1 Å². The molecule has 3 aliphatic rings. The highest BCUT2D eigenvalue weighted by Gasteiger charge is 2.61. The van der Waals surface area contributed by atoms with Crippen molar-refractivity contribution in [3.8, 4) is 74.1 Å². The molecule has 12 rings (SSSR count). The van der Waals surface area contributed by atoms with E-state index in [1.54, 1.807) is 127 Å². The van der Waals surface area contributed by atoms with Crippen molar-refractivity contribution in [2.24, 2.45) is 10.8 Å². The maximum Gasteiger partial charge on any atom is 0.425 e. The van der Waals surface area contributed by atoms with Crippen molar-refractivity contribution in [3.05, 3.63) is 84.6 Å². The molecule has 3 unspecified atom stereocenters. The molecule has 15 atom stereocenters. The number of aromatic nitrogens is 15. The first kappa shape index (κ1) is 112. The Morgan fingerprint density at radius 2 is 0.908 bits per heavy atom. The summed E-state index contributed by atoms with van der Waals surface area (Å²) in [6.07, 6.45) is 19.8. The first-order valence-corrected chi connectivity index (χ1v) is 47.3. The number of anilines is 3. The van der Waals surface area contributed by atoms with Crippen molar-refractivity contribution in [1.29, 1.82) is 0 Å². The molecule has 0 aromatic carbocycles. The second-order valence-electron chi connectivity index (χ2n) is 35.0. The maximum absolute atomic E-state index is 13.5. The molecule has 0 aliphatic carbocycles. The molecule has 44 nitrogen and oxygen atoms in total. The van der Waals surface area contributed by atoms with Crippen molar-refractivity contribution in [2.75, 3.05) is 53.9 Å².